The first kappa shape index (κ1) is 55.1. The van der Waals surface area contributed by atoms with Crippen molar-refractivity contribution >= 4 is 89.1 Å². The Morgan fingerprint density at radius 1 is 0.435 bits per heavy atom. The van der Waals surface area contributed by atoms with Crippen molar-refractivity contribution in [3.8, 4) is 22.3 Å². The monoisotopic (exact) mass is 1130 g/mol. The molecule has 3 aliphatic carbocycles. The van der Waals surface area contributed by atoms with Crippen molar-refractivity contribution in [2.24, 2.45) is 0 Å². The summed E-state index contributed by atoms with van der Waals surface area (Å²) in [6, 6.07) is 59.1. The van der Waals surface area contributed by atoms with Gasteiger partial charge in [0.1, 0.15) is 0 Å². The van der Waals surface area contributed by atoms with E-state index in [9.17, 15) is 0 Å². The van der Waals surface area contributed by atoms with E-state index in [1.807, 2.05) is 11.3 Å². The molecule has 432 valence electrons. The van der Waals surface area contributed by atoms with Gasteiger partial charge in [-0.25, -0.2) is 0 Å². The standard InChI is InChI=1S/C80H88BN3S/c1-73(2,3)50-28-33-66(56(40-50)49-24-18-17-19-25-49)83-67-47-57-55-26-20-21-27-69(55)85-70(57)48-65(67)81-71-58(59-41-51(74(4,5)6)42-64-72(59)84(81)80(16)35-23-22-34-79(64,80)15)43-54(46-68(71)83)82(52-29-31-60-62(44-52)77(11,12)38-36-75(60,7)8)53-30-32-61-63(45-53)78(13,14)39-37-76(61,9)10/h17-21,24-33,40-48H,22-23,34-39H2,1-16H3. The Morgan fingerprint density at radius 3 is 1.66 bits per heavy atom. The molecule has 0 radical (unpaired) electrons. The van der Waals surface area contributed by atoms with Crippen molar-refractivity contribution in [1.29, 1.82) is 0 Å². The summed E-state index contributed by atoms with van der Waals surface area (Å²) in [7, 11) is 0. The lowest BCUT2D eigenvalue weighted by atomic mass is 9.42. The molecule has 8 aromatic carbocycles. The lowest BCUT2D eigenvalue weighted by Crippen LogP contribution is -2.70. The molecule has 0 spiro atoms. The molecule has 9 aromatic rings. The maximum absolute atomic E-state index is 3.04. The topological polar surface area (TPSA) is 9.72 Å². The molecule has 5 heteroatoms. The van der Waals surface area contributed by atoms with E-state index in [1.54, 1.807) is 5.56 Å². The van der Waals surface area contributed by atoms with Gasteiger partial charge in [-0.3, -0.25) is 0 Å². The van der Waals surface area contributed by atoms with E-state index in [0.717, 1.165) is 19.3 Å². The smallest absolute Gasteiger partial charge is 0.328 e. The maximum Gasteiger partial charge on any atom is 0.328 e. The van der Waals surface area contributed by atoms with Gasteiger partial charge in [-0.1, -0.05) is 189 Å². The molecule has 2 unspecified atom stereocenters. The van der Waals surface area contributed by atoms with Crippen molar-refractivity contribution < 1.29 is 0 Å². The molecule has 2 atom stereocenters. The molecular weight excluding hydrogens is 1050 g/mol. The Morgan fingerprint density at radius 2 is 1.02 bits per heavy atom. The summed E-state index contributed by atoms with van der Waals surface area (Å²) < 4.78 is 2.70. The molecule has 85 heavy (non-hydrogen) atoms. The predicted molar refractivity (Wildman–Crippen MR) is 369 cm³/mol. The zero-order chi connectivity index (χ0) is 59.5. The number of rotatable bonds is 5. The van der Waals surface area contributed by atoms with Crippen molar-refractivity contribution in [3.63, 3.8) is 0 Å². The van der Waals surface area contributed by atoms with Crippen LogP contribution in [0.5, 0.6) is 0 Å². The van der Waals surface area contributed by atoms with Crippen LogP contribution in [0.3, 0.4) is 0 Å². The number of anilines is 7. The SMILES string of the molecule is CC(C)(C)c1ccc(N2c3cc4c(cc3B3c5c(cc(N(c6ccc7c(c6)C(C)(C)CCC7(C)C)c6ccc7c(c6)C(C)(C)CCC7(C)C)cc52)-c2cc(C(C)(C)C)cc5c2N3C2(C)CCCCC52C)sc2ccccc24)c(-c2ccccc2)c1. The zero-order valence-electron chi connectivity index (χ0n) is 53.8. The number of hydrogen-bond acceptors (Lipinski definition) is 4. The molecule has 4 heterocycles. The molecule has 1 fully saturated rings. The summed E-state index contributed by atoms with van der Waals surface area (Å²) in [5.41, 5.74) is 27.1. The fourth-order valence-corrected chi connectivity index (χ4v) is 18.4. The van der Waals surface area contributed by atoms with Gasteiger partial charge in [0.2, 0.25) is 0 Å². The summed E-state index contributed by atoms with van der Waals surface area (Å²) in [6.07, 6.45) is 9.50. The van der Waals surface area contributed by atoms with E-state index >= 15 is 0 Å². The first-order valence-electron chi connectivity index (χ1n) is 32.3. The summed E-state index contributed by atoms with van der Waals surface area (Å²) in [5, 5.41) is 2.67. The van der Waals surface area contributed by atoms with Gasteiger partial charge in [0.05, 0.1) is 5.69 Å². The number of fused-ring (bicyclic) bond motifs is 12. The number of nitrogens with zero attached hydrogens (tertiary/aromatic N) is 3. The second-order valence-corrected chi connectivity index (χ2v) is 33.3. The molecule has 6 aliphatic rings. The molecule has 0 amide bonds. The highest BCUT2D eigenvalue weighted by atomic mass is 32.1. The molecular formula is C80H88BN3S. The minimum Gasteiger partial charge on any atom is -0.400 e. The van der Waals surface area contributed by atoms with Gasteiger partial charge in [-0.05, 0) is 212 Å². The van der Waals surface area contributed by atoms with E-state index in [-0.39, 0.29) is 50.3 Å². The molecule has 0 saturated heterocycles. The van der Waals surface area contributed by atoms with E-state index in [2.05, 4.69) is 271 Å². The molecule has 1 saturated carbocycles. The first-order chi connectivity index (χ1) is 40.1. The Bertz CT molecular complexity index is 4210. The minimum absolute atomic E-state index is 0.0224. The third kappa shape index (κ3) is 7.95. The highest BCUT2D eigenvalue weighted by Crippen LogP contribution is 2.65. The van der Waals surface area contributed by atoms with E-state index in [0.29, 0.717) is 0 Å². The van der Waals surface area contributed by atoms with Crippen LogP contribution in [0.25, 0.3) is 42.4 Å². The Balaban J connectivity index is 1.12. The van der Waals surface area contributed by atoms with Crippen LogP contribution in [0.15, 0.2) is 146 Å². The fourth-order valence-electron chi connectivity index (χ4n) is 17.3. The first-order valence-corrected chi connectivity index (χ1v) is 33.1. The third-order valence-electron chi connectivity index (χ3n) is 23.0. The van der Waals surface area contributed by atoms with Crippen LogP contribution in [0, 0.1) is 0 Å². The summed E-state index contributed by atoms with van der Waals surface area (Å²) in [4.78, 5) is 8.51. The third-order valence-corrected chi connectivity index (χ3v) is 24.2. The highest BCUT2D eigenvalue weighted by molar-refractivity contribution is 7.26. The van der Waals surface area contributed by atoms with Crippen molar-refractivity contribution in [2.45, 2.75) is 206 Å². The Hall–Kier alpha value is -6.56. The van der Waals surface area contributed by atoms with Gasteiger partial charge in [-0.2, -0.15) is 0 Å². The molecule has 0 bridgehead atoms. The van der Waals surface area contributed by atoms with Crippen LogP contribution in [0.2, 0.25) is 0 Å². The van der Waals surface area contributed by atoms with Gasteiger partial charge in [0.15, 0.2) is 0 Å². The lowest BCUT2D eigenvalue weighted by Gasteiger charge is -2.55. The van der Waals surface area contributed by atoms with Crippen molar-refractivity contribution in [2.75, 3.05) is 14.6 Å². The van der Waals surface area contributed by atoms with Crippen LogP contribution in [-0.2, 0) is 37.9 Å². The highest BCUT2D eigenvalue weighted by Gasteiger charge is 2.63. The summed E-state index contributed by atoms with van der Waals surface area (Å²) >= 11 is 1.96. The lowest BCUT2D eigenvalue weighted by molar-refractivity contribution is 0.199. The molecule has 0 N–H and O–H groups in total. The van der Waals surface area contributed by atoms with Crippen molar-refractivity contribution in [3.05, 3.63) is 185 Å². The van der Waals surface area contributed by atoms with Gasteiger partial charge < -0.3 is 14.6 Å². The number of hydrogen-bond donors (Lipinski definition) is 0. The van der Waals surface area contributed by atoms with Crippen LogP contribution >= 0.6 is 11.3 Å². The molecule has 1 aromatic heterocycles. The average molecular weight is 1130 g/mol. The maximum atomic E-state index is 3.04. The van der Waals surface area contributed by atoms with Gasteiger partial charge in [-0.15, -0.1) is 11.3 Å². The number of benzene rings is 8. The Labute approximate surface area is 513 Å². The average Bonchev–Trinajstić information content (AvgIpc) is 1.61. The largest absolute Gasteiger partial charge is 0.400 e. The second kappa shape index (κ2) is 18.0. The molecule has 3 nitrogen and oxygen atoms in total. The van der Waals surface area contributed by atoms with Gasteiger partial charge in [0, 0.05) is 76.4 Å². The van der Waals surface area contributed by atoms with Gasteiger partial charge >= 0.3 is 6.85 Å². The van der Waals surface area contributed by atoms with Crippen LogP contribution < -0.4 is 25.5 Å². The number of thiophene rings is 1. The van der Waals surface area contributed by atoms with Crippen molar-refractivity contribution in [1.82, 2.24) is 0 Å². The molecule has 3 aliphatic heterocycles. The second-order valence-electron chi connectivity index (χ2n) is 32.2. The Kier molecular flexibility index (Phi) is 11.7. The molecule has 15 rings (SSSR count). The van der Waals surface area contributed by atoms with Crippen LogP contribution in [-0.4, -0.2) is 12.4 Å². The van der Waals surface area contributed by atoms with E-state index < -0.39 is 0 Å². The summed E-state index contributed by atoms with van der Waals surface area (Å²) in [6.45, 7) is 39.6. The summed E-state index contributed by atoms with van der Waals surface area (Å²) in [5.74, 6) is 0. The zero-order valence-corrected chi connectivity index (χ0v) is 54.7. The van der Waals surface area contributed by atoms with Gasteiger partial charge in [0.25, 0.3) is 0 Å². The fraction of sp³-hybridized carbons (Fsp3) is 0.400. The van der Waals surface area contributed by atoms with Crippen LogP contribution in [0.1, 0.15) is 201 Å². The van der Waals surface area contributed by atoms with Crippen LogP contribution in [0.4, 0.5) is 39.8 Å². The predicted octanol–water partition coefficient (Wildman–Crippen LogP) is 21.5. The van der Waals surface area contributed by atoms with E-state index in [4.69, 9.17) is 0 Å². The minimum atomic E-state index is -0.130. The quantitative estimate of drug-likeness (QED) is 0.159. The van der Waals surface area contributed by atoms with E-state index in [1.165, 1.54) is 159 Å². The normalized spacial score (nSPS) is 21.9.